The quantitative estimate of drug-likeness (QED) is 0.871. The third-order valence-corrected chi connectivity index (χ3v) is 4.93. The van der Waals surface area contributed by atoms with Gasteiger partial charge in [0.15, 0.2) is 0 Å². The summed E-state index contributed by atoms with van der Waals surface area (Å²) in [6.07, 6.45) is 4.60. The molecule has 1 aromatic carbocycles. The molecule has 3 rings (SSSR count). The Hall–Kier alpha value is -0.900. The van der Waals surface area contributed by atoms with Crippen molar-refractivity contribution >= 4 is 0 Å². The molecule has 0 aromatic heterocycles. The highest BCUT2D eigenvalue weighted by Gasteiger charge is 2.38. The number of rotatable bonds is 6. The van der Waals surface area contributed by atoms with Gasteiger partial charge in [0, 0.05) is 25.2 Å². The number of likely N-dealkylation sites (tertiary alicyclic amines) is 1. The Labute approximate surface area is 128 Å². The third-order valence-electron chi connectivity index (χ3n) is 4.93. The van der Waals surface area contributed by atoms with Gasteiger partial charge in [0.2, 0.25) is 0 Å². The second-order valence-electron chi connectivity index (χ2n) is 6.33. The highest BCUT2D eigenvalue weighted by Crippen LogP contribution is 2.31. The first-order valence-electron chi connectivity index (χ1n) is 8.49. The molecule has 21 heavy (non-hydrogen) atoms. The van der Waals surface area contributed by atoms with E-state index in [1.807, 2.05) is 0 Å². The van der Waals surface area contributed by atoms with E-state index in [2.05, 4.69) is 54.4 Å². The summed E-state index contributed by atoms with van der Waals surface area (Å²) < 4.78 is 6.01. The first-order chi connectivity index (χ1) is 10.3. The normalized spacial score (nSPS) is 28.5. The first kappa shape index (κ1) is 15.0. The zero-order valence-electron chi connectivity index (χ0n) is 13.3. The van der Waals surface area contributed by atoms with E-state index in [-0.39, 0.29) is 0 Å². The molecular weight excluding hydrogens is 260 g/mol. The second-order valence-corrected chi connectivity index (χ2v) is 6.33. The number of likely N-dealkylation sites (N-methyl/N-ethyl adjacent to an activating group) is 1. The molecule has 0 saturated carbocycles. The van der Waals surface area contributed by atoms with Gasteiger partial charge in [-0.25, -0.2) is 0 Å². The lowest BCUT2D eigenvalue weighted by Gasteiger charge is -2.41. The third kappa shape index (κ3) is 3.31. The topological polar surface area (TPSA) is 24.5 Å². The van der Waals surface area contributed by atoms with Crippen LogP contribution < -0.4 is 5.32 Å². The van der Waals surface area contributed by atoms with Gasteiger partial charge >= 0.3 is 0 Å². The van der Waals surface area contributed by atoms with Gasteiger partial charge in [-0.15, -0.1) is 0 Å². The molecule has 2 aliphatic heterocycles. The Morgan fingerprint density at radius 2 is 1.81 bits per heavy atom. The summed E-state index contributed by atoms with van der Waals surface area (Å²) in [7, 11) is 0. The van der Waals surface area contributed by atoms with E-state index in [0.29, 0.717) is 24.3 Å². The van der Waals surface area contributed by atoms with Crippen molar-refractivity contribution in [1.29, 1.82) is 0 Å². The molecule has 0 amide bonds. The molecule has 2 aliphatic rings. The molecule has 2 heterocycles. The molecule has 2 saturated heterocycles. The van der Waals surface area contributed by atoms with Crippen LogP contribution in [0.15, 0.2) is 30.3 Å². The highest BCUT2D eigenvalue weighted by atomic mass is 16.5. The van der Waals surface area contributed by atoms with Crippen molar-refractivity contribution in [2.24, 2.45) is 0 Å². The monoisotopic (exact) mass is 288 g/mol. The number of nitrogens with one attached hydrogen (secondary N) is 1. The smallest absolute Gasteiger partial charge is 0.0707 e. The molecular formula is C18H28N2O. The van der Waals surface area contributed by atoms with E-state index >= 15 is 0 Å². The summed E-state index contributed by atoms with van der Waals surface area (Å²) in [6.45, 7) is 7.72. The van der Waals surface area contributed by atoms with Crippen molar-refractivity contribution in [3.8, 4) is 0 Å². The van der Waals surface area contributed by atoms with Crippen molar-refractivity contribution in [3.63, 3.8) is 0 Å². The van der Waals surface area contributed by atoms with Gasteiger partial charge in [-0.3, -0.25) is 4.90 Å². The van der Waals surface area contributed by atoms with E-state index in [1.165, 1.54) is 24.8 Å². The lowest BCUT2D eigenvalue weighted by molar-refractivity contribution is -0.0584. The molecule has 2 fully saturated rings. The molecule has 4 atom stereocenters. The van der Waals surface area contributed by atoms with Crippen molar-refractivity contribution in [3.05, 3.63) is 35.9 Å². The summed E-state index contributed by atoms with van der Waals surface area (Å²) >= 11 is 0. The Morgan fingerprint density at radius 1 is 1.14 bits per heavy atom. The minimum Gasteiger partial charge on any atom is -0.372 e. The second kappa shape index (κ2) is 6.91. The molecule has 116 valence electrons. The molecule has 0 aliphatic carbocycles. The Kier molecular flexibility index (Phi) is 4.94. The van der Waals surface area contributed by atoms with Crippen molar-refractivity contribution in [2.45, 2.75) is 57.4 Å². The fourth-order valence-electron chi connectivity index (χ4n) is 3.98. The number of hydrogen-bond acceptors (Lipinski definition) is 3. The lowest BCUT2D eigenvalue weighted by atomic mass is 9.95. The maximum atomic E-state index is 6.01. The van der Waals surface area contributed by atoms with Crippen LogP contribution in [0.2, 0.25) is 0 Å². The van der Waals surface area contributed by atoms with Gasteiger partial charge in [0.1, 0.15) is 0 Å². The number of morpholine rings is 1. The Bertz CT molecular complexity index is 424. The Balaban J connectivity index is 1.78. The maximum absolute atomic E-state index is 6.01. The van der Waals surface area contributed by atoms with E-state index in [4.69, 9.17) is 4.74 Å². The Morgan fingerprint density at radius 3 is 2.38 bits per heavy atom. The van der Waals surface area contributed by atoms with Crippen molar-refractivity contribution in [1.82, 2.24) is 10.2 Å². The molecule has 0 spiro atoms. The molecule has 1 N–H and O–H groups in total. The number of fused-ring (bicyclic) bond motifs is 2. The van der Waals surface area contributed by atoms with Crippen LogP contribution in [-0.4, -0.2) is 42.8 Å². The summed E-state index contributed by atoms with van der Waals surface area (Å²) in [6, 6.07) is 11.9. The van der Waals surface area contributed by atoms with Crippen LogP contribution in [0.3, 0.4) is 0 Å². The maximum Gasteiger partial charge on any atom is 0.0707 e. The summed E-state index contributed by atoms with van der Waals surface area (Å²) in [5.74, 6) is 0. The summed E-state index contributed by atoms with van der Waals surface area (Å²) in [5, 5.41) is 3.71. The largest absolute Gasteiger partial charge is 0.372 e. The molecule has 3 heteroatoms. The number of nitrogens with zero attached hydrogens (tertiary/aromatic N) is 1. The van der Waals surface area contributed by atoms with Crippen LogP contribution in [0.25, 0.3) is 0 Å². The minimum absolute atomic E-state index is 0.415. The minimum atomic E-state index is 0.415. The summed E-state index contributed by atoms with van der Waals surface area (Å²) in [4.78, 5) is 2.67. The number of hydrogen-bond donors (Lipinski definition) is 1. The van der Waals surface area contributed by atoms with Gasteiger partial charge in [-0.05, 0) is 31.4 Å². The zero-order chi connectivity index (χ0) is 14.7. The van der Waals surface area contributed by atoms with Gasteiger partial charge < -0.3 is 10.1 Å². The fourth-order valence-corrected chi connectivity index (χ4v) is 3.98. The summed E-state index contributed by atoms with van der Waals surface area (Å²) in [5.41, 5.74) is 1.41. The van der Waals surface area contributed by atoms with Crippen LogP contribution in [0.4, 0.5) is 0 Å². The zero-order valence-corrected chi connectivity index (χ0v) is 13.3. The average molecular weight is 288 g/mol. The van der Waals surface area contributed by atoms with E-state index in [1.54, 1.807) is 0 Å². The lowest BCUT2D eigenvalue weighted by Crippen LogP contribution is -2.52. The van der Waals surface area contributed by atoms with Crippen LogP contribution >= 0.6 is 0 Å². The SMILES string of the molecule is CCNC(c1ccccc1)C(CC)N1CC2CCC(C1)O2. The van der Waals surface area contributed by atoms with Gasteiger partial charge in [-0.1, -0.05) is 44.2 Å². The standard InChI is InChI=1S/C18H28N2O/c1-3-17(20-12-15-10-11-16(13-20)21-15)18(19-4-2)14-8-6-5-7-9-14/h5-9,15-19H,3-4,10-13H2,1-2H3. The number of benzene rings is 1. The number of ether oxygens (including phenoxy) is 1. The molecule has 2 bridgehead atoms. The average Bonchev–Trinajstić information content (AvgIpc) is 2.86. The predicted molar refractivity (Wildman–Crippen MR) is 86.4 cm³/mol. The van der Waals surface area contributed by atoms with Crippen LogP contribution in [0, 0.1) is 0 Å². The molecule has 3 nitrogen and oxygen atoms in total. The van der Waals surface area contributed by atoms with Crippen LogP contribution in [0.1, 0.15) is 44.7 Å². The first-order valence-corrected chi connectivity index (χ1v) is 8.49. The van der Waals surface area contributed by atoms with Gasteiger partial charge in [0.05, 0.1) is 12.2 Å². The predicted octanol–water partition coefficient (Wildman–Crippen LogP) is 2.98. The van der Waals surface area contributed by atoms with Crippen LogP contribution in [-0.2, 0) is 4.74 Å². The van der Waals surface area contributed by atoms with E-state index < -0.39 is 0 Å². The highest BCUT2D eigenvalue weighted by molar-refractivity contribution is 5.21. The van der Waals surface area contributed by atoms with Crippen molar-refractivity contribution in [2.75, 3.05) is 19.6 Å². The van der Waals surface area contributed by atoms with Crippen molar-refractivity contribution < 1.29 is 4.74 Å². The molecule has 4 unspecified atom stereocenters. The van der Waals surface area contributed by atoms with E-state index in [9.17, 15) is 0 Å². The van der Waals surface area contributed by atoms with Gasteiger partial charge in [0.25, 0.3) is 0 Å². The molecule has 0 radical (unpaired) electrons. The van der Waals surface area contributed by atoms with E-state index in [0.717, 1.165) is 19.6 Å². The fraction of sp³-hybridized carbons (Fsp3) is 0.667. The van der Waals surface area contributed by atoms with Gasteiger partial charge in [-0.2, -0.15) is 0 Å². The van der Waals surface area contributed by atoms with Crippen LogP contribution in [0.5, 0.6) is 0 Å². The molecule has 1 aromatic rings.